The number of anilines is 1. The third-order valence-corrected chi connectivity index (χ3v) is 7.34. The Bertz CT molecular complexity index is 850. The molecule has 2 aliphatic carbocycles. The van der Waals surface area contributed by atoms with Gasteiger partial charge in [-0.25, -0.2) is 4.98 Å². The van der Waals surface area contributed by atoms with E-state index in [4.69, 9.17) is 9.72 Å². The molecule has 2 aliphatic rings. The van der Waals surface area contributed by atoms with Crippen LogP contribution in [0.1, 0.15) is 81.3 Å². The van der Waals surface area contributed by atoms with E-state index in [9.17, 15) is 4.79 Å². The first-order chi connectivity index (χ1) is 14.4. The van der Waals surface area contributed by atoms with E-state index in [1.54, 1.807) is 0 Å². The Labute approximate surface area is 184 Å². The lowest BCUT2D eigenvalue weighted by Gasteiger charge is -2.29. The third kappa shape index (κ3) is 5.23. The second kappa shape index (κ2) is 9.09. The van der Waals surface area contributed by atoms with Gasteiger partial charge in [-0.1, -0.05) is 43.2 Å². The maximum atomic E-state index is 12.3. The maximum Gasteiger partial charge on any atom is 0.308 e. The molecule has 4 nitrogen and oxygen atoms in total. The maximum absolute atomic E-state index is 12.3. The van der Waals surface area contributed by atoms with Crippen molar-refractivity contribution in [1.82, 2.24) is 4.98 Å². The van der Waals surface area contributed by atoms with Crippen molar-refractivity contribution in [2.45, 2.75) is 89.7 Å². The monoisotopic (exact) mass is 426 g/mol. The fourth-order valence-electron chi connectivity index (χ4n) is 4.75. The normalized spacial score (nSPS) is 19.5. The number of thiazole rings is 1. The summed E-state index contributed by atoms with van der Waals surface area (Å²) >= 11 is 1.86. The van der Waals surface area contributed by atoms with Crippen LogP contribution in [0.5, 0.6) is 0 Å². The Morgan fingerprint density at radius 3 is 2.60 bits per heavy atom. The van der Waals surface area contributed by atoms with Crippen LogP contribution in [0, 0.1) is 0 Å². The van der Waals surface area contributed by atoms with Crippen molar-refractivity contribution < 1.29 is 9.53 Å². The summed E-state index contributed by atoms with van der Waals surface area (Å²) < 4.78 is 5.55. The Morgan fingerprint density at radius 1 is 1.17 bits per heavy atom. The molecule has 0 spiro atoms. The number of carbonyl (C=O) groups is 1. The van der Waals surface area contributed by atoms with Crippen LogP contribution >= 0.6 is 11.3 Å². The molecule has 0 aliphatic heterocycles. The highest BCUT2D eigenvalue weighted by Gasteiger charge is 2.30. The van der Waals surface area contributed by atoms with Crippen molar-refractivity contribution >= 4 is 22.4 Å². The first-order valence-electron chi connectivity index (χ1n) is 11.4. The van der Waals surface area contributed by atoms with Crippen molar-refractivity contribution in [2.24, 2.45) is 0 Å². The zero-order valence-corrected chi connectivity index (χ0v) is 19.3. The van der Waals surface area contributed by atoms with Crippen LogP contribution < -0.4 is 4.90 Å². The minimum atomic E-state index is -0.429. The Kier molecular flexibility index (Phi) is 6.47. The van der Waals surface area contributed by atoms with Gasteiger partial charge in [-0.05, 0) is 64.4 Å². The van der Waals surface area contributed by atoms with Crippen molar-refractivity contribution in [2.75, 3.05) is 11.4 Å². The molecule has 1 aromatic carbocycles. The number of nitrogens with zero attached hydrogens (tertiary/aromatic N) is 2. The zero-order chi connectivity index (χ0) is 21.1. The zero-order valence-electron chi connectivity index (χ0n) is 18.5. The lowest BCUT2D eigenvalue weighted by Crippen LogP contribution is -2.36. The summed E-state index contributed by atoms with van der Waals surface area (Å²) in [6, 6.07) is 11.4. The van der Waals surface area contributed by atoms with Gasteiger partial charge in [0.05, 0.1) is 12.1 Å². The first-order valence-corrected chi connectivity index (χ1v) is 12.2. The fraction of sp³-hybridized carbons (Fsp3) is 0.600. The van der Waals surface area contributed by atoms with Crippen LogP contribution in [-0.2, 0) is 22.4 Å². The van der Waals surface area contributed by atoms with Gasteiger partial charge < -0.3 is 9.64 Å². The molecule has 1 fully saturated rings. The summed E-state index contributed by atoms with van der Waals surface area (Å²) in [6.07, 6.45) is 8.67. The average molecular weight is 427 g/mol. The molecule has 0 bridgehead atoms. The second-order valence-corrected chi connectivity index (χ2v) is 10.7. The van der Waals surface area contributed by atoms with Crippen LogP contribution in [0.3, 0.4) is 0 Å². The van der Waals surface area contributed by atoms with Crippen LogP contribution in [0.25, 0.3) is 0 Å². The predicted molar refractivity (Wildman–Crippen MR) is 123 cm³/mol. The van der Waals surface area contributed by atoms with E-state index >= 15 is 0 Å². The fourth-order valence-corrected chi connectivity index (χ4v) is 6.03. The number of hydrogen-bond acceptors (Lipinski definition) is 5. The SMILES string of the molecule is CC(C)(C)OC(=O)CCN(c1nc2c(s1)CC(c1ccccc1)CC2)C1CCCC1. The molecule has 162 valence electrons. The number of aryl methyl sites for hydroxylation is 1. The minimum absolute atomic E-state index is 0.115. The average Bonchev–Trinajstić information content (AvgIpc) is 3.37. The van der Waals surface area contributed by atoms with Gasteiger partial charge in [0.15, 0.2) is 5.13 Å². The van der Waals surface area contributed by atoms with Crippen molar-refractivity contribution in [3.8, 4) is 0 Å². The molecular weight excluding hydrogens is 392 g/mol. The highest BCUT2D eigenvalue weighted by atomic mass is 32.1. The Hall–Kier alpha value is -1.88. The molecule has 30 heavy (non-hydrogen) atoms. The van der Waals surface area contributed by atoms with E-state index in [1.165, 1.54) is 48.2 Å². The standard InChI is InChI=1S/C25H34N2O2S/c1-25(2,3)29-23(28)15-16-27(20-11-7-8-12-20)24-26-21-14-13-19(17-22(21)30-24)18-9-5-4-6-10-18/h4-6,9-10,19-20H,7-8,11-17H2,1-3H3. The number of esters is 1. The smallest absolute Gasteiger partial charge is 0.308 e. The highest BCUT2D eigenvalue weighted by molar-refractivity contribution is 7.15. The van der Waals surface area contributed by atoms with E-state index in [0.29, 0.717) is 24.9 Å². The van der Waals surface area contributed by atoms with Crippen LogP contribution in [0.4, 0.5) is 5.13 Å². The molecule has 0 radical (unpaired) electrons. The van der Waals surface area contributed by atoms with Gasteiger partial charge in [-0.15, -0.1) is 11.3 Å². The Morgan fingerprint density at radius 2 is 1.90 bits per heavy atom. The summed E-state index contributed by atoms with van der Waals surface area (Å²) in [7, 11) is 0. The predicted octanol–water partition coefficient (Wildman–Crippen LogP) is 5.90. The van der Waals surface area contributed by atoms with Gasteiger partial charge >= 0.3 is 5.97 Å². The number of ether oxygens (including phenoxy) is 1. The number of rotatable bonds is 6. The summed E-state index contributed by atoms with van der Waals surface area (Å²) in [4.78, 5) is 21.3. The van der Waals surface area contributed by atoms with Gasteiger partial charge in [-0.2, -0.15) is 0 Å². The summed E-state index contributed by atoms with van der Waals surface area (Å²) in [5.41, 5.74) is 2.29. The largest absolute Gasteiger partial charge is 0.460 e. The third-order valence-electron chi connectivity index (χ3n) is 6.19. The molecule has 1 unspecified atom stereocenters. The van der Waals surface area contributed by atoms with Crippen LogP contribution in [-0.4, -0.2) is 29.1 Å². The molecule has 4 rings (SSSR count). The number of benzene rings is 1. The van der Waals surface area contributed by atoms with E-state index in [2.05, 4.69) is 35.2 Å². The summed E-state index contributed by atoms with van der Waals surface area (Å²) in [5.74, 6) is 0.477. The quantitative estimate of drug-likeness (QED) is 0.540. The van der Waals surface area contributed by atoms with Gasteiger partial charge in [0.25, 0.3) is 0 Å². The van der Waals surface area contributed by atoms with E-state index in [0.717, 1.165) is 18.0 Å². The first kappa shape index (κ1) is 21.4. The topological polar surface area (TPSA) is 42.4 Å². The van der Waals surface area contributed by atoms with Gasteiger partial charge in [-0.3, -0.25) is 4.79 Å². The highest BCUT2D eigenvalue weighted by Crippen LogP contribution is 2.39. The minimum Gasteiger partial charge on any atom is -0.460 e. The Balaban J connectivity index is 1.48. The molecule has 2 aromatic rings. The summed E-state index contributed by atoms with van der Waals surface area (Å²) in [5, 5.41) is 1.11. The number of hydrogen-bond donors (Lipinski definition) is 0. The molecule has 1 saturated carbocycles. The van der Waals surface area contributed by atoms with Crippen molar-refractivity contribution in [3.63, 3.8) is 0 Å². The number of carbonyl (C=O) groups excluding carboxylic acids is 1. The second-order valence-electron chi connectivity index (χ2n) is 9.68. The van der Waals surface area contributed by atoms with Crippen molar-refractivity contribution in [3.05, 3.63) is 46.5 Å². The lowest BCUT2D eigenvalue weighted by atomic mass is 9.85. The molecule has 0 amide bonds. The molecule has 5 heteroatoms. The molecule has 1 heterocycles. The van der Waals surface area contributed by atoms with E-state index in [1.807, 2.05) is 32.1 Å². The van der Waals surface area contributed by atoms with E-state index < -0.39 is 5.60 Å². The van der Waals surface area contributed by atoms with Crippen molar-refractivity contribution in [1.29, 1.82) is 0 Å². The van der Waals surface area contributed by atoms with Gasteiger partial charge in [0.1, 0.15) is 5.60 Å². The van der Waals surface area contributed by atoms with Gasteiger partial charge in [0, 0.05) is 17.5 Å². The number of fused-ring (bicyclic) bond motifs is 1. The molecular formula is C25H34N2O2S. The van der Waals surface area contributed by atoms with E-state index in [-0.39, 0.29) is 5.97 Å². The molecule has 1 atom stereocenters. The van der Waals surface area contributed by atoms with Crippen LogP contribution in [0.15, 0.2) is 30.3 Å². The number of aromatic nitrogens is 1. The molecule has 0 saturated heterocycles. The lowest BCUT2D eigenvalue weighted by molar-refractivity contribution is -0.154. The molecule has 1 aromatic heterocycles. The van der Waals surface area contributed by atoms with Gasteiger partial charge in [0.2, 0.25) is 0 Å². The molecule has 0 N–H and O–H groups in total. The summed E-state index contributed by atoms with van der Waals surface area (Å²) in [6.45, 7) is 6.49. The van der Waals surface area contributed by atoms with Crippen LogP contribution in [0.2, 0.25) is 0 Å².